The van der Waals surface area contributed by atoms with Gasteiger partial charge >= 0.3 is 0 Å². The fraction of sp³-hybridized carbons (Fsp3) is 1.00. The van der Waals surface area contributed by atoms with Gasteiger partial charge in [-0.3, -0.25) is 0 Å². The SMILES string of the molecule is CCOCC(CCC(F)(F)CC(C)C)(COCC)C1CCCCC1. The van der Waals surface area contributed by atoms with Crippen molar-refractivity contribution in [3.05, 3.63) is 0 Å². The number of hydrogen-bond donors (Lipinski definition) is 0. The molecule has 24 heavy (non-hydrogen) atoms. The molecule has 0 aromatic heterocycles. The molecule has 0 atom stereocenters. The minimum absolute atomic E-state index is 0.0165. The summed E-state index contributed by atoms with van der Waals surface area (Å²) in [6, 6.07) is 0. The zero-order chi connectivity index (χ0) is 18.1. The molecule has 0 radical (unpaired) electrons. The first kappa shape index (κ1) is 21.8. The van der Waals surface area contributed by atoms with E-state index >= 15 is 0 Å². The first-order valence-corrected chi connectivity index (χ1v) is 9.88. The summed E-state index contributed by atoms with van der Waals surface area (Å²) < 4.78 is 40.2. The maximum absolute atomic E-state index is 14.3. The van der Waals surface area contributed by atoms with E-state index in [1.165, 1.54) is 19.3 Å². The lowest BCUT2D eigenvalue weighted by atomic mass is 9.66. The Kier molecular flexibility index (Phi) is 9.73. The van der Waals surface area contributed by atoms with E-state index in [9.17, 15) is 8.78 Å². The molecule has 1 saturated carbocycles. The molecule has 0 aliphatic heterocycles. The summed E-state index contributed by atoms with van der Waals surface area (Å²) in [7, 11) is 0. The van der Waals surface area contributed by atoms with Gasteiger partial charge in [-0.2, -0.15) is 0 Å². The van der Waals surface area contributed by atoms with Crippen LogP contribution in [0.4, 0.5) is 8.78 Å². The molecule has 1 aliphatic rings. The highest BCUT2D eigenvalue weighted by molar-refractivity contribution is 4.90. The van der Waals surface area contributed by atoms with E-state index in [2.05, 4.69) is 0 Å². The van der Waals surface area contributed by atoms with E-state index in [4.69, 9.17) is 9.47 Å². The Morgan fingerprint density at radius 1 is 0.917 bits per heavy atom. The normalized spacial score (nSPS) is 17.6. The fourth-order valence-corrected chi connectivity index (χ4v) is 4.08. The number of halogens is 2. The van der Waals surface area contributed by atoms with Crippen LogP contribution in [0.15, 0.2) is 0 Å². The predicted octanol–water partition coefficient (Wildman–Crippen LogP) is 6.09. The molecule has 0 heterocycles. The van der Waals surface area contributed by atoms with Gasteiger partial charge in [0, 0.05) is 31.5 Å². The minimum Gasteiger partial charge on any atom is -0.381 e. The van der Waals surface area contributed by atoms with Crippen molar-refractivity contribution < 1.29 is 18.3 Å². The third-order valence-electron chi connectivity index (χ3n) is 5.35. The highest BCUT2D eigenvalue weighted by Crippen LogP contribution is 2.45. The molecular formula is C20H38F2O2. The van der Waals surface area contributed by atoms with E-state index in [0.29, 0.717) is 38.8 Å². The summed E-state index contributed by atoms with van der Waals surface area (Å²) in [6.45, 7) is 10.0. The number of ether oxygens (including phenoxy) is 2. The molecule has 1 fully saturated rings. The summed E-state index contributed by atoms with van der Waals surface area (Å²) in [5, 5.41) is 0. The van der Waals surface area contributed by atoms with Gasteiger partial charge in [-0.25, -0.2) is 8.78 Å². The Labute approximate surface area is 147 Å². The van der Waals surface area contributed by atoms with Crippen LogP contribution in [0.1, 0.15) is 79.1 Å². The van der Waals surface area contributed by atoms with Crippen LogP contribution in [0, 0.1) is 17.3 Å². The van der Waals surface area contributed by atoms with Crippen molar-refractivity contribution in [2.24, 2.45) is 17.3 Å². The van der Waals surface area contributed by atoms with Crippen molar-refractivity contribution in [1.29, 1.82) is 0 Å². The number of hydrogen-bond acceptors (Lipinski definition) is 2. The second kappa shape index (κ2) is 10.7. The fourth-order valence-electron chi connectivity index (χ4n) is 4.08. The van der Waals surface area contributed by atoms with Crippen LogP contribution in [0.25, 0.3) is 0 Å². The van der Waals surface area contributed by atoms with E-state index in [0.717, 1.165) is 12.8 Å². The molecule has 2 nitrogen and oxygen atoms in total. The van der Waals surface area contributed by atoms with Gasteiger partial charge in [-0.1, -0.05) is 33.1 Å². The zero-order valence-electron chi connectivity index (χ0n) is 16.2. The van der Waals surface area contributed by atoms with Crippen LogP contribution in [-0.4, -0.2) is 32.4 Å². The molecule has 0 amide bonds. The standard InChI is InChI=1S/C20H38F2O2/c1-5-23-15-19(16-24-6-2,18-10-8-7-9-11-18)12-13-20(21,22)14-17(3)4/h17-18H,5-16H2,1-4H3. The van der Waals surface area contributed by atoms with Crippen LogP contribution in [0.5, 0.6) is 0 Å². The molecular weight excluding hydrogens is 310 g/mol. The average molecular weight is 349 g/mol. The monoisotopic (exact) mass is 348 g/mol. The largest absolute Gasteiger partial charge is 0.381 e. The summed E-state index contributed by atoms with van der Waals surface area (Å²) in [4.78, 5) is 0. The first-order chi connectivity index (χ1) is 11.4. The number of rotatable bonds is 12. The van der Waals surface area contributed by atoms with Crippen LogP contribution in [0.3, 0.4) is 0 Å². The average Bonchev–Trinajstić information content (AvgIpc) is 2.54. The van der Waals surface area contributed by atoms with Gasteiger partial charge in [0.25, 0.3) is 0 Å². The summed E-state index contributed by atoms with van der Waals surface area (Å²) in [5.41, 5.74) is -0.257. The van der Waals surface area contributed by atoms with Gasteiger partial charge in [0.1, 0.15) is 0 Å². The van der Waals surface area contributed by atoms with Gasteiger partial charge in [0.05, 0.1) is 13.2 Å². The second-order valence-electron chi connectivity index (χ2n) is 7.93. The molecule has 1 aliphatic carbocycles. The van der Waals surface area contributed by atoms with Crippen molar-refractivity contribution >= 4 is 0 Å². The molecule has 0 saturated heterocycles. The summed E-state index contributed by atoms with van der Waals surface area (Å²) in [5.74, 6) is -2.13. The smallest absolute Gasteiger partial charge is 0.248 e. The maximum Gasteiger partial charge on any atom is 0.248 e. The Bertz CT molecular complexity index is 318. The molecule has 4 heteroatoms. The van der Waals surface area contributed by atoms with Crippen LogP contribution in [-0.2, 0) is 9.47 Å². The van der Waals surface area contributed by atoms with Crippen molar-refractivity contribution in [3.63, 3.8) is 0 Å². The summed E-state index contributed by atoms with van der Waals surface area (Å²) >= 11 is 0. The molecule has 1 rings (SSSR count). The van der Waals surface area contributed by atoms with Crippen molar-refractivity contribution in [3.8, 4) is 0 Å². The quantitative estimate of drug-likeness (QED) is 0.425. The van der Waals surface area contributed by atoms with Crippen LogP contribution < -0.4 is 0 Å². The van der Waals surface area contributed by atoms with Gasteiger partial charge in [0.15, 0.2) is 0 Å². The Morgan fingerprint density at radius 3 is 1.92 bits per heavy atom. The summed E-state index contributed by atoms with van der Waals surface area (Å²) in [6.07, 6.45) is 6.32. The Balaban J connectivity index is 2.86. The van der Waals surface area contributed by atoms with Crippen molar-refractivity contribution in [2.75, 3.05) is 26.4 Å². The lowest BCUT2D eigenvalue weighted by Gasteiger charge is -2.43. The predicted molar refractivity (Wildman–Crippen MR) is 95.6 cm³/mol. The maximum atomic E-state index is 14.3. The molecule has 0 bridgehead atoms. The van der Waals surface area contributed by atoms with E-state index in [1.807, 2.05) is 27.7 Å². The lowest BCUT2D eigenvalue weighted by molar-refractivity contribution is -0.0922. The second-order valence-corrected chi connectivity index (χ2v) is 7.93. The topological polar surface area (TPSA) is 18.5 Å². The van der Waals surface area contributed by atoms with Gasteiger partial charge in [0.2, 0.25) is 5.92 Å². The van der Waals surface area contributed by atoms with Crippen molar-refractivity contribution in [1.82, 2.24) is 0 Å². The number of alkyl halides is 2. The van der Waals surface area contributed by atoms with Gasteiger partial charge in [-0.05, 0) is 44.9 Å². The molecule has 0 N–H and O–H groups in total. The Hall–Kier alpha value is -0.220. The van der Waals surface area contributed by atoms with E-state index < -0.39 is 5.92 Å². The molecule has 0 spiro atoms. The third kappa shape index (κ3) is 7.35. The Morgan fingerprint density at radius 2 is 1.46 bits per heavy atom. The van der Waals surface area contributed by atoms with Crippen LogP contribution >= 0.6 is 0 Å². The molecule has 0 aromatic carbocycles. The highest BCUT2D eigenvalue weighted by Gasteiger charge is 2.42. The van der Waals surface area contributed by atoms with E-state index in [-0.39, 0.29) is 24.2 Å². The van der Waals surface area contributed by atoms with Crippen molar-refractivity contribution in [2.45, 2.75) is 85.0 Å². The lowest BCUT2D eigenvalue weighted by Crippen LogP contribution is -2.42. The zero-order valence-corrected chi connectivity index (χ0v) is 16.2. The minimum atomic E-state index is -2.59. The van der Waals surface area contributed by atoms with Gasteiger partial charge < -0.3 is 9.47 Å². The molecule has 0 unspecified atom stereocenters. The van der Waals surface area contributed by atoms with E-state index in [1.54, 1.807) is 0 Å². The van der Waals surface area contributed by atoms with Gasteiger partial charge in [-0.15, -0.1) is 0 Å². The van der Waals surface area contributed by atoms with Crippen LogP contribution in [0.2, 0.25) is 0 Å². The third-order valence-corrected chi connectivity index (χ3v) is 5.35. The first-order valence-electron chi connectivity index (χ1n) is 9.88. The molecule has 144 valence electrons. The molecule has 0 aromatic rings. The highest BCUT2D eigenvalue weighted by atomic mass is 19.3.